The fourth-order valence-electron chi connectivity index (χ4n) is 5.40. The second-order valence-electron chi connectivity index (χ2n) is 12.9. The summed E-state index contributed by atoms with van der Waals surface area (Å²) in [5.74, 6) is 10.7. The van der Waals surface area contributed by atoms with Crippen LogP contribution >= 0.6 is 0 Å². The number of primary amides is 1. The molecule has 264 valence electrons. The molecule has 1 aromatic heterocycles. The quantitative estimate of drug-likeness (QED) is 0.157. The SMILES string of the molecule is C[C@@H](OCc1ccc(C#CCOCC#Cc2cccc3c2n(C)c(=O)n3C2CCC(=O)NC2=O)cc1)[C@H](CCC(N)=O)NC(=O)OC(C)(C)C. The maximum Gasteiger partial charge on any atom is 0.407 e. The molecule has 4 rings (SSSR count). The molecular weight excluding hydrogens is 642 g/mol. The van der Waals surface area contributed by atoms with E-state index >= 15 is 0 Å². The number of ether oxygens (including phenoxy) is 3. The van der Waals surface area contributed by atoms with Crippen LogP contribution in [0.2, 0.25) is 0 Å². The minimum Gasteiger partial charge on any atom is -0.444 e. The number of hydrogen-bond donors (Lipinski definition) is 3. The van der Waals surface area contributed by atoms with Gasteiger partial charge in [0.1, 0.15) is 24.9 Å². The Balaban J connectivity index is 1.28. The van der Waals surface area contributed by atoms with Gasteiger partial charge in [-0.25, -0.2) is 9.59 Å². The second kappa shape index (κ2) is 16.8. The lowest BCUT2D eigenvalue weighted by molar-refractivity contribution is -0.135. The van der Waals surface area contributed by atoms with Gasteiger partial charge >= 0.3 is 11.8 Å². The highest BCUT2D eigenvalue weighted by molar-refractivity contribution is 6.00. The highest BCUT2D eigenvalue weighted by atomic mass is 16.6. The molecule has 13 nitrogen and oxygen atoms in total. The molecule has 13 heteroatoms. The van der Waals surface area contributed by atoms with Crippen molar-refractivity contribution in [3.63, 3.8) is 0 Å². The average Bonchev–Trinajstić information content (AvgIpc) is 3.30. The Morgan fingerprint density at radius 1 is 1.06 bits per heavy atom. The molecule has 2 aromatic carbocycles. The number of alkyl carbamates (subject to hydrolysis) is 1. The van der Waals surface area contributed by atoms with Gasteiger partial charge in [0, 0.05) is 25.5 Å². The Morgan fingerprint density at radius 3 is 2.42 bits per heavy atom. The van der Waals surface area contributed by atoms with Crippen LogP contribution in [0.4, 0.5) is 4.79 Å². The molecule has 0 aliphatic carbocycles. The fourth-order valence-corrected chi connectivity index (χ4v) is 5.40. The van der Waals surface area contributed by atoms with Crippen molar-refractivity contribution in [2.45, 2.75) is 83.8 Å². The zero-order chi connectivity index (χ0) is 36.4. The summed E-state index contributed by atoms with van der Waals surface area (Å²) in [5.41, 5.74) is 7.76. The van der Waals surface area contributed by atoms with Gasteiger partial charge in [-0.1, -0.05) is 41.9 Å². The third-order valence-electron chi connectivity index (χ3n) is 7.87. The third kappa shape index (κ3) is 10.3. The molecular formula is C37H43N5O8. The number of imidazole rings is 1. The first kappa shape index (κ1) is 37.4. The highest BCUT2D eigenvalue weighted by Crippen LogP contribution is 2.24. The van der Waals surface area contributed by atoms with E-state index in [1.165, 1.54) is 9.13 Å². The van der Waals surface area contributed by atoms with Crippen molar-refractivity contribution in [3.05, 3.63) is 69.6 Å². The number of fused-ring (bicyclic) bond motifs is 1. The first-order valence-electron chi connectivity index (χ1n) is 16.3. The van der Waals surface area contributed by atoms with Gasteiger partial charge in [-0.2, -0.15) is 0 Å². The molecule has 1 fully saturated rings. The van der Waals surface area contributed by atoms with Crippen LogP contribution in [-0.2, 0) is 42.2 Å². The number of carbonyl (C=O) groups is 4. The van der Waals surface area contributed by atoms with E-state index in [2.05, 4.69) is 34.3 Å². The van der Waals surface area contributed by atoms with Gasteiger partial charge in [0.25, 0.3) is 0 Å². The van der Waals surface area contributed by atoms with E-state index in [0.29, 0.717) is 23.0 Å². The molecule has 2 heterocycles. The summed E-state index contributed by atoms with van der Waals surface area (Å²) in [6.45, 7) is 7.68. The predicted octanol–water partition coefficient (Wildman–Crippen LogP) is 2.80. The van der Waals surface area contributed by atoms with E-state index in [1.54, 1.807) is 46.0 Å². The standard InChI is InChI=1S/C37H43N5O8/c1-24(28(17-19-31(38)43)39-35(46)50-37(2,3)4)49-23-26-15-13-25(14-16-26)9-7-21-48-22-8-11-27-10-6-12-29-33(27)41(5)36(47)42(29)30-18-20-32(44)40-34(30)45/h6,10,12-16,24,28,30H,17-23H2,1-5H3,(H2,38,43)(H,39,46)(H,40,44,45)/t24-,28+,30?/m1/s1. The fraction of sp³-hybridized carbons (Fsp3) is 0.432. The summed E-state index contributed by atoms with van der Waals surface area (Å²) in [6.07, 6.45) is -0.176. The van der Waals surface area contributed by atoms with Crippen molar-refractivity contribution in [1.29, 1.82) is 0 Å². The van der Waals surface area contributed by atoms with Crippen molar-refractivity contribution in [3.8, 4) is 23.7 Å². The monoisotopic (exact) mass is 685 g/mol. The number of benzene rings is 2. The summed E-state index contributed by atoms with van der Waals surface area (Å²) in [7, 11) is 1.63. The largest absolute Gasteiger partial charge is 0.444 e. The summed E-state index contributed by atoms with van der Waals surface area (Å²) < 4.78 is 19.8. The lowest BCUT2D eigenvalue weighted by Gasteiger charge is -2.27. The molecule has 1 aliphatic heterocycles. The first-order valence-corrected chi connectivity index (χ1v) is 16.3. The third-order valence-corrected chi connectivity index (χ3v) is 7.87. The van der Waals surface area contributed by atoms with Crippen molar-refractivity contribution >= 4 is 34.8 Å². The van der Waals surface area contributed by atoms with Crippen LogP contribution in [-0.4, -0.2) is 63.9 Å². The molecule has 1 saturated heterocycles. The normalized spacial score (nSPS) is 15.6. The lowest BCUT2D eigenvalue weighted by Crippen LogP contribution is -2.45. The smallest absolute Gasteiger partial charge is 0.407 e. The van der Waals surface area contributed by atoms with Crippen LogP contribution < -0.4 is 22.1 Å². The first-order chi connectivity index (χ1) is 23.7. The number of piperidine rings is 1. The number of hydrogen-bond acceptors (Lipinski definition) is 8. The van der Waals surface area contributed by atoms with E-state index in [0.717, 1.165) is 11.1 Å². The summed E-state index contributed by atoms with van der Waals surface area (Å²) >= 11 is 0. The molecule has 0 saturated carbocycles. The number of aryl methyl sites for hydroxylation is 1. The van der Waals surface area contributed by atoms with Crippen molar-refractivity contribution in [2.75, 3.05) is 13.2 Å². The number of amides is 4. The van der Waals surface area contributed by atoms with E-state index < -0.39 is 41.7 Å². The zero-order valence-electron chi connectivity index (χ0n) is 29.0. The van der Waals surface area contributed by atoms with Crippen LogP contribution in [0.25, 0.3) is 11.0 Å². The number of para-hydroxylation sites is 1. The number of aromatic nitrogens is 2. The van der Waals surface area contributed by atoms with E-state index in [9.17, 15) is 24.0 Å². The Bertz CT molecular complexity index is 1910. The van der Waals surface area contributed by atoms with E-state index in [1.807, 2.05) is 31.2 Å². The second-order valence-corrected chi connectivity index (χ2v) is 12.9. The van der Waals surface area contributed by atoms with Gasteiger partial charge in [-0.05, 0) is 70.4 Å². The van der Waals surface area contributed by atoms with E-state index in [-0.39, 0.29) is 50.7 Å². The van der Waals surface area contributed by atoms with Crippen molar-refractivity contribution in [1.82, 2.24) is 19.8 Å². The van der Waals surface area contributed by atoms with Crippen LogP contribution in [0, 0.1) is 23.7 Å². The minimum absolute atomic E-state index is 0.0966. The maximum atomic E-state index is 13.1. The minimum atomic E-state index is -0.768. The Kier molecular flexibility index (Phi) is 12.6. The molecule has 50 heavy (non-hydrogen) atoms. The molecule has 0 bridgehead atoms. The average molecular weight is 686 g/mol. The number of carbonyl (C=O) groups excluding carboxylic acids is 4. The Morgan fingerprint density at radius 2 is 1.76 bits per heavy atom. The number of nitrogens with two attached hydrogens (primary N) is 1. The number of imide groups is 1. The number of nitrogens with one attached hydrogen (secondary N) is 2. The lowest BCUT2D eigenvalue weighted by atomic mass is 10.1. The molecule has 3 aromatic rings. The maximum absolute atomic E-state index is 13.1. The number of rotatable bonds is 11. The summed E-state index contributed by atoms with van der Waals surface area (Å²) in [5, 5.41) is 5.09. The van der Waals surface area contributed by atoms with Crippen LogP contribution in [0.15, 0.2) is 47.3 Å². The van der Waals surface area contributed by atoms with Crippen LogP contribution in [0.1, 0.15) is 76.1 Å². The Labute approximate surface area is 290 Å². The van der Waals surface area contributed by atoms with Crippen LogP contribution in [0.3, 0.4) is 0 Å². The molecule has 3 atom stereocenters. The topological polar surface area (TPSA) is 173 Å². The molecule has 4 amide bonds. The molecule has 0 spiro atoms. The summed E-state index contributed by atoms with van der Waals surface area (Å²) in [4.78, 5) is 60.8. The number of nitrogens with zero attached hydrogens (tertiary/aromatic N) is 2. The van der Waals surface area contributed by atoms with Gasteiger partial charge in [-0.3, -0.25) is 28.8 Å². The molecule has 1 unspecified atom stereocenters. The van der Waals surface area contributed by atoms with Gasteiger partial charge in [0.2, 0.25) is 17.7 Å². The Hall–Kier alpha value is -5.37. The van der Waals surface area contributed by atoms with Gasteiger partial charge < -0.3 is 25.3 Å². The summed E-state index contributed by atoms with van der Waals surface area (Å²) in [6, 6.07) is 11.6. The van der Waals surface area contributed by atoms with Crippen LogP contribution in [0.5, 0.6) is 0 Å². The molecule has 0 radical (unpaired) electrons. The van der Waals surface area contributed by atoms with Gasteiger partial charge in [0.15, 0.2) is 0 Å². The zero-order valence-corrected chi connectivity index (χ0v) is 29.0. The molecule has 4 N–H and O–H groups in total. The van der Waals surface area contributed by atoms with Crippen molar-refractivity contribution < 1.29 is 33.4 Å². The van der Waals surface area contributed by atoms with Crippen molar-refractivity contribution in [2.24, 2.45) is 12.8 Å². The molecule has 1 aliphatic rings. The van der Waals surface area contributed by atoms with E-state index in [4.69, 9.17) is 19.9 Å². The highest BCUT2D eigenvalue weighted by Gasteiger charge is 2.31. The van der Waals surface area contributed by atoms with Gasteiger partial charge in [-0.15, -0.1) is 0 Å². The predicted molar refractivity (Wildman–Crippen MR) is 185 cm³/mol. The van der Waals surface area contributed by atoms with Gasteiger partial charge in [0.05, 0.1) is 35.3 Å².